The van der Waals surface area contributed by atoms with Gasteiger partial charge in [-0.1, -0.05) is 6.07 Å². The molecule has 3 heterocycles. The van der Waals surface area contributed by atoms with Crippen molar-refractivity contribution in [2.24, 2.45) is 0 Å². The second kappa shape index (κ2) is 6.06. The zero-order chi connectivity index (χ0) is 16.4. The van der Waals surface area contributed by atoms with Crippen LogP contribution in [0.4, 0.5) is 0 Å². The number of carbonyl (C=O) groups is 1. The minimum Gasteiger partial charge on any atom is -0.472 e. The highest BCUT2D eigenvalue weighted by Crippen LogP contribution is 2.32. The molecule has 0 aliphatic rings. The van der Waals surface area contributed by atoms with Gasteiger partial charge in [-0.2, -0.15) is 0 Å². The third kappa shape index (κ3) is 2.95. The molecular formula is C17H17NO4S. The van der Waals surface area contributed by atoms with Gasteiger partial charge in [0.05, 0.1) is 24.6 Å². The number of hydrogen-bond acceptors (Lipinski definition) is 5. The highest BCUT2D eigenvalue weighted by Gasteiger charge is 2.34. The van der Waals surface area contributed by atoms with Gasteiger partial charge >= 0.3 is 0 Å². The number of amides is 1. The van der Waals surface area contributed by atoms with E-state index in [9.17, 15) is 9.90 Å². The van der Waals surface area contributed by atoms with E-state index in [1.165, 1.54) is 23.9 Å². The summed E-state index contributed by atoms with van der Waals surface area (Å²) in [7, 11) is 0. The topological polar surface area (TPSA) is 75.6 Å². The first kappa shape index (κ1) is 15.6. The molecule has 2 N–H and O–H groups in total. The maximum absolute atomic E-state index is 12.4. The Hall–Kier alpha value is -2.31. The molecule has 23 heavy (non-hydrogen) atoms. The van der Waals surface area contributed by atoms with Gasteiger partial charge in [-0.25, -0.2) is 0 Å². The number of furan rings is 2. The normalized spacial score (nSPS) is 13.7. The Morgan fingerprint density at radius 3 is 2.78 bits per heavy atom. The average molecular weight is 331 g/mol. The number of carbonyl (C=O) groups excluding carboxylic acids is 1. The minimum atomic E-state index is -1.33. The molecule has 3 aromatic heterocycles. The van der Waals surface area contributed by atoms with Gasteiger partial charge in [0.1, 0.15) is 17.1 Å². The predicted octanol–water partition coefficient (Wildman–Crippen LogP) is 3.22. The van der Waals surface area contributed by atoms with Crippen molar-refractivity contribution in [1.82, 2.24) is 5.32 Å². The molecular weight excluding hydrogens is 314 g/mol. The molecule has 0 bridgehead atoms. The van der Waals surface area contributed by atoms with Crippen LogP contribution in [0, 0.1) is 13.8 Å². The van der Waals surface area contributed by atoms with Crippen molar-refractivity contribution in [2.45, 2.75) is 19.4 Å². The van der Waals surface area contributed by atoms with E-state index in [1.54, 1.807) is 26.0 Å². The molecule has 6 heteroatoms. The van der Waals surface area contributed by atoms with Gasteiger partial charge in [0.2, 0.25) is 0 Å². The predicted molar refractivity (Wildman–Crippen MR) is 86.5 cm³/mol. The summed E-state index contributed by atoms with van der Waals surface area (Å²) in [4.78, 5) is 13.1. The van der Waals surface area contributed by atoms with Crippen molar-refractivity contribution in [3.05, 3.63) is 69.7 Å². The Morgan fingerprint density at radius 2 is 2.22 bits per heavy atom. The molecule has 120 valence electrons. The summed E-state index contributed by atoms with van der Waals surface area (Å²) in [6, 6.07) is 7.07. The van der Waals surface area contributed by atoms with E-state index in [0.29, 0.717) is 22.6 Å². The SMILES string of the molecule is Cc1cc(C(=O)NC[C@@](O)(c2ccoc2)c2cccs2)c(C)o1. The van der Waals surface area contributed by atoms with E-state index in [1.807, 2.05) is 17.5 Å². The van der Waals surface area contributed by atoms with E-state index in [-0.39, 0.29) is 12.5 Å². The molecule has 3 rings (SSSR count). The number of rotatable bonds is 5. The highest BCUT2D eigenvalue weighted by atomic mass is 32.1. The maximum atomic E-state index is 12.4. The lowest BCUT2D eigenvalue weighted by molar-refractivity contribution is 0.0713. The molecule has 0 spiro atoms. The van der Waals surface area contributed by atoms with Gasteiger partial charge in [0.25, 0.3) is 5.91 Å². The monoisotopic (exact) mass is 331 g/mol. The van der Waals surface area contributed by atoms with Crippen LogP contribution in [0.5, 0.6) is 0 Å². The molecule has 0 aromatic carbocycles. The van der Waals surface area contributed by atoms with Gasteiger partial charge in [0, 0.05) is 10.4 Å². The third-order valence-corrected chi connectivity index (χ3v) is 4.74. The third-order valence-electron chi connectivity index (χ3n) is 3.72. The summed E-state index contributed by atoms with van der Waals surface area (Å²) in [5, 5.41) is 15.8. The summed E-state index contributed by atoms with van der Waals surface area (Å²) in [5.74, 6) is 0.955. The lowest BCUT2D eigenvalue weighted by Gasteiger charge is -2.26. The standard InChI is InChI=1S/C17H17NO4S/c1-11-8-14(12(2)22-11)16(19)18-10-17(20,13-5-6-21-9-13)15-4-3-7-23-15/h3-9,20H,10H2,1-2H3,(H,18,19)/t17-/m1/s1. The first-order valence-electron chi connectivity index (χ1n) is 7.15. The van der Waals surface area contributed by atoms with Gasteiger partial charge < -0.3 is 19.3 Å². The van der Waals surface area contributed by atoms with Crippen LogP contribution in [-0.4, -0.2) is 17.6 Å². The molecule has 0 saturated heterocycles. The summed E-state index contributed by atoms with van der Waals surface area (Å²) in [5.41, 5.74) is -0.257. The zero-order valence-corrected chi connectivity index (χ0v) is 13.6. The Kier molecular flexibility index (Phi) is 4.11. The Bertz CT molecular complexity index is 753. The fourth-order valence-corrected chi connectivity index (χ4v) is 3.35. The van der Waals surface area contributed by atoms with Gasteiger partial charge in [-0.3, -0.25) is 4.79 Å². The smallest absolute Gasteiger partial charge is 0.254 e. The molecule has 0 unspecified atom stereocenters. The molecule has 0 saturated carbocycles. The van der Waals surface area contributed by atoms with Crippen LogP contribution in [0.25, 0.3) is 0 Å². The molecule has 1 atom stereocenters. The quantitative estimate of drug-likeness (QED) is 0.753. The van der Waals surface area contributed by atoms with Crippen molar-refractivity contribution in [3.63, 3.8) is 0 Å². The van der Waals surface area contributed by atoms with Crippen LogP contribution < -0.4 is 5.32 Å². The molecule has 0 aliphatic heterocycles. The Balaban J connectivity index is 1.83. The second-order valence-corrected chi connectivity index (χ2v) is 6.31. The van der Waals surface area contributed by atoms with Crippen molar-refractivity contribution >= 4 is 17.2 Å². The van der Waals surface area contributed by atoms with Crippen LogP contribution in [0.1, 0.15) is 32.3 Å². The number of thiophene rings is 1. The van der Waals surface area contributed by atoms with Gasteiger partial charge in [0.15, 0.2) is 0 Å². The lowest BCUT2D eigenvalue weighted by atomic mass is 9.94. The maximum Gasteiger partial charge on any atom is 0.254 e. The Morgan fingerprint density at radius 1 is 1.39 bits per heavy atom. The molecule has 0 aliphatic carbocycles. The van der Waals surface area contributed by atoms with Crippen LogP contribution >= 0.6 is 11.3 Å². The van der Waals surface area contributed by atoms with Gasteiger partial charge in [-0.05, 0) is 37.4 Å². The second-order valence-electron chi connectivity index (χ2n) is 5.36. The summed E-state index contributed by atoms with van der Waals surface area (Å²) in [6.07, 6.45) is 2.98. The number of aliphatic hydroxyl groups is 1. The summed E-state index contributed by atoms with van der Waals surface area (Å²) in [6.45, 7) is 3.57. The largest absolute Gasteiger partial charge is 0.472 e. The number of nitrogens with one attached hydrogen (secondary N) is 1. The van der Waals surface area contributed by atoms with Crippen molar-refractivity contribution in [1.29, 1.82) is 0 Å². The summed E-state index contributed by atoms with van der Waals surface area (Å²) < 4.78 is 10.5. The first-order valence-corrected chi connectivity index (χ1v) is 8.03. The first-order chi connectivity index (χ1) is 11.0. The van der Waals surface area contributed by atoms with Crippen LogP contribution in [-0.2, 0) is 5.60 Å². The van der Waals surface area contributed by atoms with E-state index in [0.717, 1.165) is 4.88 Å². The molecule has 3 aromatic rings. The summed E-state index contributed by atoms with van der Waals surface area (Å²) >= 11 is 1.42. The average Bonchev–Trinajstić information content (AvgIpc) is 3.26. The van der Waals surface area contributed by atoms with E-state index in [2.05, 4.69) is 5.32 Å². The molecule has 1 amide bonds. The van der Waals surface area contributed by atoms with Crippen LogP contribution in [0.15, 0.2) is 51.0 Å². The fraction of sp³-hybridized carbons (Fsp3) is 0.235. The number of aryl methyl sites for hydroxylation is 2. The van der Waals surface area contributed by atoms with Gasteiger partial charge in [-0.15, -0.1) is 11.3 Å². The molecule has 0 fully saturated rings. The van der Waals surface area contributed by atoms with E-state index < -0.39 is 5.60 Å². The zero-order valence-electron chi connectivity index (χ0n) is 12.8. The van der Waals surface area contributed by atoms with E-state index >= 15 is 0 Å². The molecule has 5 nitrogen and oxygen atoms in total. The minimum absolute atomic E-state index is 0.0372. The van der Waals surface area contributed by atoms with Crippen molar-refractivity contribution < 1.29 is 18.7 Å². The van der Waals surface area contributed by atoms with Crippen molar-refractivity contribution in [3.8, 4) is 0 Å². The fourth-order valence-electron chi connectivity index (χ4n) is 2.50. The lowest BCUT2D eigenvalue weighted by Crippen LogP contribution is -2.41. The highest BCUT2D eigenvalue weighted by molar-refractivity contribution is 7.10. The number of hydrogen-bond donors (Lipinski definition) is 2. The van der Waals surface area contributed by atoms with Crippen LogP contribution in [0.2, 0.25) is 0 Å². The van der Waals surface area contributed by atoms with Crippen LogP contribution in [0.3, 0.4) is 0 Å². The van der Waals surface area contributed by atoms with Crippen molar-refractivity contribution in [2.75, 3.05) is 6.54 Å². The molecule has 0 radical (unpaired) electrons. The Labute approximate surface area is 137 Å². The van der Waals surface area contributed by atoms with E-state index in [4.69, 9.17) is 8.83 Å².